The maximum Gasteiger partial charge on any atom is 0.252 e. The van der Waals surface area contributed by atoms with Gasteiger partial charge in [0.25, 0.3) is 5.78 Å². The number of nitrogens with one attached hydrogen (secondary N) is 2. The molecule has 3 aromatic heterocycles. The summed E-state index contributed by atoms with van der Waals surface area (Å²) in [7, 11) is 0. The van der Waals surface area contributed by atoms with Gasteiger partial charge in [0.1, 0.15) is 25.0 Å². The second-order valence-corrected chi connectivity index (χ2v) is 7.40. The van der Waals surface area contributed by atoms with Crippen LogP contribution in [-0.2, 0) is 16.0 Å². The molecule has 0 aliphatic heterocycles. The molecule has 164 valence electrons. The van der Waals surface area contributed by atoms with E-state index in [0.717, 1.165) is 17.0 Å². The van der Waals surface area contributed by atoms with Crippen LogP contribution < -0.4 is 10.6 Å². The lowest BCUT2D eigenvalue weighted by Gasteiger charge is -2.13. The fraction of sp³-hybridized carbons (Fsp3) is 0.286. The molecule has 4 aromatic rings. The highest BCUT2D eigenvalue weighted by atomic mass is 16.2. The van der Waals surface area contributed by atoms with Crippen molar-refractivity contribution in [3.63, 3.8) is 0 Å². The SMILES string of the molecule is Cc1nc2ncnn2c(C)c1CCC(=O)Nc1ccc(NC(=O)C(C)n2cncn2)cc1. The van der Waals surface area contributed by atoms with Gasteiger partial charge in [-0.2, -0.15) is 15.2 Å². The molecule has 0 bridgehead atoms. The Bertz CT molecular complexity index is 1250. The zero-order chi connectivity index (χ0) is 22.7. The van der Waals surface area contributed by atoms with Gasteiger partial charge in [0.2, 0.25) is 11.8 Å². The van der Waals surface area contributed by atoms with Crippen molar-refractivity contribution >= 4 is 29.0 Å². The van der Waals surface area contributed by atoms with Crippen LogP contribution in [-0.4, -0.2) is 46.2 Å². The maximum atomic E-state index is 12.5. The quantitative estimate of drug-likeness (QED) is 0.456. The van der Waals surface area contributed by atoms with Gasteiger partial charge >= 0.3 is 0 Å². The highest BCUT2D eigenvalue weighted by Gasteiger charge is 2.16. The van der Waals surface area contributed by atoms with Crippen LogP contribution in [0.1, 0.15) is 36.3 Å². The summed E-state index contributed by atoms with van der Waals surface area (Å²) >= 11 is 0. The predicted octanol–water partition coefficient (Wildman–Crippen LogP) is 2.10. The first-order chi connectivity index (χ1) is 15.4. The zero-order valence-corrected chi connectivity index (χ0v) is 18.0. The van der Waals surface area contributed by atoms with Gasteiger partial charge < -0.3 is 10.6 Å². The molecule has 1 unspecified atom stereocenters. The van der Waals surface area contributed by atoms with Crippen LogP contribution >= 0.6 is 0 Å². The first-order valence-electron chi connectivity index (χ1n) is 10.1. The van der Waals surface area contributed by atoms with Crippen molar-refractivity contribution in [3.8, 4) is 0 Å². The van der Waals surface area contributed by atoms with Gasteiger partial charge in [-0.1, -0.05) is 0 Å². The van der Waals surface area contributed by atoms with E-state index in [4.69, 9.17) is 0 Å². The molecule has 4 rings (SSSR count). The van der Waals surface area contributed by atoms with E-state index in [1.54, 1.807) is 35.7 Å². The molecule has 11 heteroatoms. The number of aromatic nitrogens is 7. The number of nitrogens with zero attached hydrogens (tertiary/aromatic N) is 7. The largest absolute Gasteiger partial charge is 0.326 e. The number of rotatable bonds is 7. The van der Waals surface area contributed by atoms with Crippen molar-refractivity contribution < 1.29 is 9.59 Å². The molecule has 32 heavy (non-hydrogen) atoms. The molecule has 1 atom stereocenters. The van der Waals surface area contributed by atoms with Crippen molar-refractivity contribution in [2.45, 2.75) is 39.7 Å². The van der Waals surface area contributed by atoms with E-state index >= 15 is 0 Å². The molecule has 0 saturated heterocycles. The number of carbonyl (C=O) groups is 2. The Labute approximate surface area is 183 Å². The van der Waals surface area contributed by atoms with Gasteiger partial charge in [0, 0.05) is 29.2 Å². The van der Waals surface area contributed by atoms with Gasteiger partial charge in [-0.3, -0.25) is 9.59 Å². The van der Waals surface area contributed by atoms with Crippen LogP contribution in [0.5, 0.6) is 0 Å². The van der Waals surface area contributed by atoms with Gasteiger partial charge in [0.05, 0.1) is 0 Å². The minimum atomic E-state index is -0.491. The van der Waals surface area contributed by atoms with E-state index in [2.05, 4.69) is 35.8 Å². The summed E-state index contributed by atoms with van der Waals surface area (Å²) in [6.07, 6.45) is 5.18. The Morgan fingerprint density at radius 3 is 2.44 bits per heavy atom. The molecule has 0 radical (unpaired) electrons. The number of fused-ring (bicyclic) bond motifs is 1. The van der Waals surface area contributed by atoms with Gasteiger partial charge in [-0.05, 0) is 57.0 Å². The van der Waals surface area contributed by atoms with E-state index in [1.165, 1.54) is 23.7 Å². The highest BCUT2D eigenvalue weighted by molar-refractivity contribution is 5.94. The van der Waals surface area contributed by atoms with E-state index in [1.807, 2.05) is 13.8 Å². The number of hydrogen-bond acceptors (Lipinski definition) is 7. The molecule has 2 N–H and O–H groups in total. The Kier molecular flexibility index (Phi) is 5.88. The molecule has 0 fully saturated rings. The van der Waals surface area contributed by atoms with Crippen molar-refractivity contribution in [2.24, 2.45) is 0 Å². The van der Waals surface area contributed by atoms with Gasteiger partial charge in [-0.25, -0.2) is 19.2 Å². The monoisotopic (exact) mass is 433 g/mol. The topological polar surface area (TPSA) is 132 Å². The van der Waals surface area contributed by atoms with Gasteiger partial charge in [-0.15, -0.1) is 0 Å². The van der Waals surface area contributed by atoms with Crippen LogP contribution in [0.15, 0.2) is 43.2 Å². The molecule has 2 amide bonds. The maximum absolute atomic E-state index is 12.5. The molecule has 11 nitrogen and oxygen atoms in total. The summed E-state index contributed by atoms with van der Waals surface area (Å²) in [5, 5.41) is 13.8. The summed E-state index contributed by atoms with van der Waals surface area (Å²) in [5.74, 6) is 0.228. The molecule has 0 aliphatic carbocycles. The number of anilines is 2. The van der Waals surface area contributed by atoms with Crippen molar-refractivity contribution in [3.05, 3.63) is 60.2 Å². The van der Waals surface area contributed by atoms with Crippen LogP contribution in [0.4, 0.5) is 11.4 Å². The van der Waals surface area contributed by atoms with E-state index in [9.17, 15) is 9.59 Å². The second kappa shape index (κ2) is 8.92. The normalized spacial score (nSPS) is 12.0. The lowest BCUT2D eigenvalue weighted by molar-refractivity contribution is -0.119. The van der Waals surface area contributed by atoms with Crippen molar-refractivity contribution in [2.75, 3.05) is 10.6 Å². The number of carbonyl (C=O) groups excluding carboxylic acids is 2. The average Bonchev–Trinajstić information content (AvgIpc) is 3.46. The first-order valence-corrected chi connectivity index (χ1v) is 10.1. The molecule has 3 heterocycles. The molecular weight excluding hydrogens is 410 g/mol. The number of aryl methyl sites for hydroxylation is 2. The first kappa shape index (κ1) is 21.1. The summed E-state index contributed by atoms with van der Waals surface area (Å²) in [6.45, 7) is 5.59. The van der Waals surface area contributed by atoms with E-state index in [0.29, 0.717) is 30.0 Å². The van der Waals surface area contributed by atoms with Crippen LogP contribution in [0.2, 0.25) is 0 Å². The predicted molar refractivity (Wildman–Crippen MR) is 117 cm³/mol. The summed E-state index contributed by atoms with van der Waals surface area (Å²) < 4.78 is 3.15. The Morgan fingerprint density at radius 2 is 1.75 bits per heavy atom. The highest BCUT2D eigenvalue weighted by Crippen LogP contribution is 2.18. The lowest BCUT2D eigenvalue weighted by Crippen LogP contribution is -2.24. The summed E-state index contributed by atoms with van der Waals surface area (Å²) in [4.78, 5) is 37.2. The Balaban J connectivity index is 1.33. The minimum absolute atomic E-state index is 0.112. The fourth-order valence-corrected chi connectivity index (χ4v) is 3.40. The minimum Gasteiger partial charge on any atom is -0.326 e. The van der Waals surface area contributed by atoms with Gasteiger partial charge in [0.15, 0.2) is 0 Å². The number of amides is 2. The second-order valence-electron chi connectivity index (χ2n) is 7.40. The fourth-order valence-electron chi connectivity index (χ4n) is 3.40. The standard InChI is InChI=1S/C21H23N9O2/c1-13-18(14(2)30-21(26-13)23-11-25-30)8-9-19(31)27-16-4-6-17(7-5-16)28-20(32)15(3)29-12-22-10-24-29/h4-7,10-12,15H,8-9H2,1-3H3,(H,27,31)(H,28,32). The van der Waals surface area contributed by atoms with Crippen LogP contribution in [0.25, 0.3) is 5.78 Å². The number of hydrogen-bond donors (Lipinski definition) is 2. The van der Waals surface area contributed by atoms with Crippen molar-refractivity contribution in [1.82, 2.24) is 34.3 Å². The molecule has 1 aromatic carbocycles. The van der Waals surface area contributed by atoms with E-state index in [-0.39, 0.29) is 11.8 Å². The Hall–Kier alpha value is -4.15. The van der Waals surface area contributed by atoms with Crippen molar-refractivity contribution in [1.29, 1.82) is 0 Å². The van der Waals surface area contributed by atoms with Crippen LogP contribution in [0.3, 0.4) is 0 Å². The third-order valence-corrected chi connectivity index (χ3v) is 5.24. The van der Waals surface area contributed by atoms with E-state index < -0.39 is 6.04 Å². The molecule has 0 spiro atoms. The zero-order valence-electron chi connectivity index (χ0n) is 18.0. The lowest BCUT2D eigenvalue weighted by atomic mass is 10.1. The Morgan fingerprint density at radius 1 is 1.03 bits per heavy atom. The molecule has 0 aliphatic rings. The number of benzene rings is 1. The molecular formula is C21H23N9O2. The average molecular weight is 433 g/mol. The summed E-state index contributed by atoms with van der Waals surface area (Å²) in [6, 6.07) is 6.46. The third kappa shape index (κ3) is 4.46. The summed E-state index contributed by atoms with van der Waals surface area (Å²) in [5.41, 5.74) is 4.03. The van der Waals surface area contributed by atoms with Crippen LogP contribution in [0, 0.1) is 13.8 Å². The molecule has 0 saturated carbocycles. The smallest absolute Gasteiger partial charge is 0.252 e. The third-order valence-electron chi connectivity index (χ3n) is 5.24.